The van der Waals surface area contributed by atoms with Crippen molar-refractivity contribution in [1.29, 1.82) is 0 Å². The molecule has 1 aromatic rings. The van der Waals surface area contributed by atoms with Crippen molar-refractivity contribution >= 4 is 17.7 Å². The Kier molecular flexibility index (Phi) is 11.5. The van der Waals surface area contributed by atoms with E-state index in [2.05, 4.69) is 11.1 Å². The first-order valence-corrected chi connectivity index (χ1v) is 11.6. The van der Waals surface area contributed by atoms with Gasteiger partial charge in [-0.15, -0.1) is 11.8 Å². The summed E-state index contributed by atoms with van der Waals surface area (Å²) in [5.74, 6) is 0.382. The number of hydrogen-bond donors (Lipinski definition) is 0. The minimum Gasteiger partial charge on any atom is -0.465 e. The molecule has 0 N–H and O–H groups in total. The summed E-state index contributed by atoms with van der Waals surface area (Å²) in [7, 11) is 0. The molecule has 1 aliphatic rings. The highest BCUT2D eigenvalue weighted by atomic mass is 32.2. The van der Waals surface area contributed by atoms with E-state index in [1.807, 2.05) is 25.4 Å². The van der Waals surface area contributed by atoms with Crippen molar-refractivity contribution in [3.8, 4) is 0 Å². The van der Waals surface area contributed by atoms with Gasteiger partial charge in [-0.3, -0.25) is 9.78 Å². The lowest BCUT2D eigenvalue weighted by Crippen LogP contribution is -2.18. The number of aromatic nitrogens is 1. The van der Waals surface area contributed by atoms with Gasteiger partial charge in [0.05, 0.1) is 18.5 Å². The third-order valence-corrected chi connectivity index (χ3v) is 6.38. The lowest BCUT2D eigenvalue weighted by atomic mass is 10.0. The zero-order valence-corrected chi connectivity index (χ0v) is 17.6. The highest BCUT2D eigenvalue weighted by Crippen LogP contribution is 2.25. The van der Waals surface area contributed by atoms with Crippen molar-refractivity contribution in [2.75, 3.05) is 19.0 Å². The highest BCUT2D eigenvalue weighted by molar-refractivity contribution is 8.00. The van der Waals surface area contributed by atoms with Crippen molar-refractivity contribution in [2.24, 2.45) is 0 Å². The molecular formula is C22H35NO3S. The smallest absolute Gasteiger partial charge is 0.315 e. The number of unbranched alkanes of at least 4 members (excludes halogenated alkanes) is 1. The molecule has 27 heavy (non-hydrogen) atoms. The van der Waals surface area contributed by atoms with E-state index >= 15 is 0 Å². The minimum absolute atomic E-state index is 0.0876. The summed E-state index contributed by atoms with van der Waals surface area (Å²) in [6, 6.07) is 4.13. The van der Waals surface area contributed by atoms with Crippen LogP contribution in [0.2, 0.25) is 0 Å². The minimum atomic E-state index is -0.0876. The topological polar surface area (TPSA) is 48.4 Å². The maximum Gasteiger partial charge on any atom is 0.315 e. The zero-order valence-electron chi connectivity index (χ0n) is 16.7. The standard InChI is InChI=1S/C22H35NO3S/c1-2-25-22(24)18-27-21(14-7-9-19-10-8-15-23-17-19)13-4-3-11-20-12-5-6-16-26-20/h8,10,15,17,20-21H,2-7,9,11-14,16,18H2,1H3. The van der Waals surface area contributed by atoms with Gasteiger partial charge in [-0.2, -0.15) is 0 Å². The lowest BCUT2D eigenvalue weighted by molar-refractivity contribution is -0.139. The van der Waals surface area contributed by atoms with Crippen molar-refractivity contribution in [3.05, 3.63) is 30.1 Å². The molecule has 0 aliphatic carbocycles. The van der Waals surface area contributed by atoms with E-state index in [4.69, 9.17) is 9.47 Å². The fourth-order valence-electron chi connectivity index (χ4n) is 3.56. The second kappa shape index (κ2) is 14.0. The van der Waals surface area contributed by atoms with E-state index < -0.39 is 0 Å². The van der Waals surface area contributed by atoms with Crippen molar-refractivity contribution in [3.63, 3.8) is 0 Å². The number of pyridine rings is 1. The quantitative estimate of drug-likeness (QED) is 0.340. The summed E-state index contributed by atoms with van der Waals surface area (Å²) in [6.45, 7) is 3.27. The molecular weight excluding hydrogens is 358 g/mol. The summed E-state index contributed by atoms with van der Waals surface area (Å²) in [5, 5.41) is 0.526. The Bertz CT molecular complexity index is 506. The predicted molar refractivity (Wildman–Crippen MR) is 112 cm³/mol. The summed E-state index contributed by atoms with van der Waals surface area (Å²) < 4.78 is 10.9. The van der Waals surface area contributed by atoms with E-state index in [0.29, 0.717) is 23.7 Å². The van der Waals surface area contributed by atoms with Gasteiger partial charge in [0.15, 0.2) is 0 Å². The molecule has 0 bridgehead atoms. The van der Waals surface area contributed by atoms with Crippen molar-refractivity contribution in [1.82, 2.24) is 4.98 Å². The predicted octanol–water partition coefficient (Wildman–Crippen LogP) is 5.20. The molecule has 0 amide bonds. The van der Waals surface area contributed by atoms with Gasteiger partial charge in [-0.1, -0.05) is 18.9 Å². The van der Waals surface area contributed by atoms with E-state index in [9.17, 15) is 4.79 Å². The third kappa shape index (κ3) is 10.2. The van der Waals surface area contributed by atoms with Gasteiger partial charge in [0.25, 0.3) is 0 Å². The van der Waals surface area contributed by atoms with E-state index in [-0.39, 0.29) is 5.97 Å². The first kappa shape index (κ1) is 22.2. The number of carbonyl (C=O) groups is 1. The Morgan fingerprint density at radius 2 is 2.22 bits per heavy atom. The van der Waals surface area contributed by atoms with Crippen molar-refractivity contribution < 1.29 is 14.3 Å². The fraction of sp³-hybridized carbons (Fsp3) is 0.727. The molecule has 1 saturated heterocycles. The SMILES string of the molecule is CCOC(=O)CSC(CCCCC1CCCCO1)CCCc1cccnc1. The normalized spacial score (nSPS) is 18.2. The van der Waals surface area contributed by atoms with Gasteiger partial charge in [0, 0.05) is 24.3 Å². The van der Waals surface area contributed by atoms with Gasteiger partial charge >= 0.3 is 5.97 Å². The van der Waals surface area contributed by atoms with Crippen molar-refractivity contribution in [2.45, 2.75) is 82.5 Å². The van der Waals surface area contributed by atoms with Crippen LogP contribution in [0.15, 0.2) is 24.5 Å². The molecule has 2 rings (SSSR count). The number of carbonyl (C=O) groups excluding carboxylic acids is 1. The Labute approximate surface area is 168 Å². The van der Waals surface area contributed by atoms with Crippen LogP contribution in [0.25, 0.3) is 0 Å². The van der Waals surface area contributed by atoms with Crippen LogP contribution in [-0.2, 0) is 20.7 Å². The summed E-state index contributed by atoms with van der Waals surface area (Å²) in [5.41, 5.74) is 1.29. The number of nitrogens with zero attached hydrogens (tertiary/aromatic N) is 1. The maximum atomic E-state index is 11.7. The molecule has 4 nitrogen and oxygen atoms in total. The number of thioether (sulfide) groups is 1. The molecule has 0 saturated carbocycles. The largest absolute Gasteiger partial charge is 0.465 e. The second-order valence-corrected chi connectivity index (χ2v) is 8.55. The van der Waals surface area contributed by atoms with Crippen LogP contribution in [0.1, 0.15) is 70.3 Å². The summed E-state index contributed by atoms with van der Waals surface area (Å²) in [6.07, 6.45) is 16.1. The van der Waals surface area contributed by atoms with Crippen LogP contribution in [-0.4, -0.2) is 41.3 Å². The van der Waals surface area contributed by atoms with Crippen LogP contribution in [0.4, 0.5) is 0 Å². The number of hydrogen-bond acceptors (Lipinski definition) is 5. The van der Waals surface area contributed by atoms with E-state index in [1.54, 1.807) is 11.8 Å². The first-order chi connectivity index (χ1) is 13.3. The Morgan fingerprint density at radius 3 is 2.96 bits per heavy atom. The molecule has 1 aromatic heterocycles. The van der Waals surface area contributed by atoms with Gasteiger partial charge in [-0.05, 0) is 69.9 Å². The second-order valence-electron chi connectivity index (χ2n) is 7.26. The monoisotopic (exact) mass is 393 g/mol. The molecule has 152 valence electrons. The molecule has 0 radical (unpaired) electrons. The van der Waals surface area contributed by atoms with Crippen LogP contribution in [0.3, 0.4) is 0 Å². The van der Waals surface area contributed by atoms with Gasteiger partial charge in [0.2, 0.25) is 0 Å². The fourth-order valence-corrected chi connectivity index (χ4v) is 4.68. The van der Waals surface area contributed by atoms with E-state index in [1.165, 1.54) is 50.5 Å². The number of aryl methyl sites for hydroxylation is 1. The molecule has 0 spiro atoms. The van der Waals surface area contributed by atoms with Crippen LogP contribution in [0.5, 0.6) is 0 Å². The highest BCUT2D eigenvalue weighted by Gasteiger charge is 2.15. The van der Waals surface area contributed by atoms with Gasteiger partial charge < -0.3 is 9.47 Å². The zero-order chi connectivity index (χ0) is 19.2. The first-order valence-electron chi connectivity index (χ1n) is 10.6. The maximum absolute atomic E-state index is 11.7. The average molecular weight is 394 g/mol. The van der Waals surface area contributed by atoms with Crippen LogP contribution in [0, 0.1) is 0 Å². The Balaban J connectivity index is 1.67. The van der Waals surface area contributed by atoms with Gasteiger partial charge in [0.1, 0.15) is 0 Å². The molecule has 2 heterocycles. The van der Waals surface area contributed by atoms with Crippen LogP contribution >= 0.6 is 11.8 Å². The summed E-state index contributed by atoms with van der Waals surface area (Å²) >= 11 is 1.77. The molecule has 1 aliphatic heterocycles. The lowest BCUT2D eigenvalue weighted by Gasteiger charge is -2.23. The molecule has 2 unspecified atom stereocenters. The van der Waals surface area contributed by atoms with Crippen LogP contribution < -0.4 is 0 Å². The molecule has 5 heteroatoms. The number of rotatable bonds is 13. The van der Waals surface area contributed by atoms with E-state index in [0.717, 1.165) is 25.9 Å². The van der Waals surface area contributed by atoms with Gasteiger partial charge in [-0.25, -0.2) is 0 Å². The molecule has 1 fully saturated rings. The Hall–Kier alpha value is -1.07. The summed E-state index contributed by atoms with van der Waals surface area (Å²) in [4.78, 5) is 15.9. The molecule has 2 atom stereocenters. The number of ether oxygens (including phenoxy) is 2. The Morgan fingerprint density at radius 1 is 1.33 bits per heavy atom. The number of esters is 1. The average Bonchev–Trinajstić information content (AvgIpc) is 2.70. The third-order valence-electron chi connectivity index (χ3n) is 5.03. The molecule has 0 aromatic carbocycles.